The van der Waals surface area contributed by atoms with Gasteiger partial charge in [0.25, 0.3) is 5.91 Å². The number of hydrogen-bond donors (Lipinski definition) is 0. The molecule has 0 spiro atoms. The van der Waals surface area contributed by atoms with Gasteiger partial charge >= 0.3 is 0 Å². The highest BCUT2D eigenvalue weighted by atomic mass is 35.5. The number of benzene rings is 1. The molecule has 3 aliphatic rings. The second-order valence-corrected chi connectivity index (χ2v) is 9.10. The molecule has 1 aliphatic carbocycles. The number of amides is 2. The lowest BCUT2D eigenvalue weighted by atomic mass is 9.91. The summed E-state index contributed by atoms with van der Waals surface area (Å²) in [5, 5.41) is 0.921. The fraction of sp³-hybridized carbons (Fsp3) is 0.619. The van der Waals surface area contributed by atoms with Crippen molar-refractivity contribution in [3.05, 3.63) is 33.8 Å². The van der Waals surface area contributed by atoms with Crippen LogP contribution in [0.2, 0.25) is 10.0 Å². The van der Waals surface area contributed by atoms with E-state index in [9.17, 15) is 9.59 Å². The second kappa shape index (κ2) is 9.21. The first-order valence-electron chi connectivity index (χ1n) is 10.5. The third-order valence-corrected chi connectivity index (χ3v) is 6.82. The molecular weight excluding hydrogens is 411 g/mol. The molecule has 0 atom stereocenters. The van der Waals surface area contributed by atoms with Gasteiger partial charge in [0.1, 0.15) is 0 Å². The summed E-state index contributed by atoms with van der Waals surface area (Å²) in [4.78, 5) is 33.9. The molecule has 4 rings (SSSR count). The maximum Gasteiger partial charge on any atom is 0.254 e. The van der Waals surface area contributed by atoms with E-state index < -0.39 is 0 Å². The predicted molar refractivity (Wildman–Crippen MR) is 115 cm³/mol. The van der Waals surface area contributed by atoms with Crippen molar-refractivity contribution in [1.29, 1.82) is 0 Å². The lowest BCUT2D eigenvalue weighted by Gasteiger charge is -2.43. The number of hydrogen-bond acceptors (Lipinski definition) is 4. The summed E-state index contributed by atoms with van der Waals surface area (Å²) in [5.74, 6) is 0.146. The summed E-state index contributed by atoms with van der Waals surface area (Å²) in [7, 11) is 0. The average molecular weight is 439 g/mol. The molecule has 0 unspecified atom stereocenters. The maximum absolute atomic E-state index is 12.7. The Bertz CT molecular complexity index is 735. The summed E-state index contributed by atoms with van der Waals surface area (Å²) in [6.45, 7) is 6.72. The number of nitrogens with zero attached hydrogens (tertiary/aromatic N) is 4. The number of carbonyl (C=O) groups excluding carboxylic acids is 2. The zero-order chi connectivity index (χ0) is 20.4. The molecule has 0 aromatic heterocycles. The third-order valence-electron chi connectivity index (χ3n) is 6.39. The van der Waals surface area contributed by atoms with Crippen LogP contribution in [0.1, 0.15) is 29.6 Å². The van der Waals surface area contributed by atoms with Crippen LogP contribution in [0.4, 0.5) is 0 Å². The van der Waals surface area contributed by atoms with Crippen LogP contribution in [-0.2, 0) is 4.79 Å². The van der Waals surface area contributed by atoms with Crippen molar-refractivity contribution in [2.45, 2.75) is 25.3 Å². The van der Waals surface area contributed by atoms with Gasteiger partial charge in [-0.25, -0.2) is 0 Å². The van der Waals surface area contributed by atoms with E-state index in [1.165, 1.54) is 19.3 Å². The number of carbonyl (C=O) groups is 2. The Morgan fingerprint density at radius 3 is 1.97 bits per heavy atom. The Labute approximate surface area is 182 Å². The van der Waals surface area contributed by atoms with Crippen LogP contribution < -0.4 is 0 Å². The molecular formula is C21H28Cl2N4O2. The van der Waals surface area contributed by atoms with E-state index in [-0.39, 0.29) is 11.8 Å². The smallest absolute Gasteiger partial charge is 0.254 e. The largest absolute Gasteiger partial charge is 0.339 e. The highest BCUT2D eigenvalue weighted by molar-refractivity contribution is 6.35. The third kappa shape index (κ3) is 5.05. The zero-order valence-corrected chi connectivity index (χ0v) is 18.2. The first-order valence-corrected chi connectivity index (χ1v) is 11.2. The van der Waals surface area contributed by atoms with Gasteiger partial charge in [-0.15, -0.1) is 0 Å². The maximum atomic E-state index is 12.7. The van der Waals surface area contributed by atoms with Crippen LogP contribution in [0, 0.1) is 0 Å². The van der Waals surface area contributed by atoms with Crippen LogP contribution in [0.5, 0.6) is 0 Å². The number of halogens is 2. The van der Waals surface area contributed by atoms with Crippen LogP contribution in [0.15, 0.2) is 18.2 Å². The van der Waals surface area contributed by atoms with Gasteiger partial charge in [-0.2, -0.15) is 0 Å². The van der Waals surface area contributed by atoms with Gasteiger partial charge in [0.05, 0.1) is 6.54 Å². The standard InChI is InChI=1S/C21H28Cl2N4O2/c22-17-12-16(13-18(23)14-17)21(29)27-6-4-24(5-7-27)15-20(28)26-10-8-25(9-11-26)19-2-1-3-19/h12-14,19H,1-11,15H2. The van der Waals surface area contributed by atoms with Crippen molar-refractivity contribution in [2.24, 2.45) is 0 Å². The van der Waals surface area contributed by atoms with Gasteiger partial charge in [-0.1, -0.05) is 29.6 Å². The van der Waals surface area contributed by atoms with Crippen molar-refractivity contribution in [2.75, 3.05) is 58.9 Å². The molecule has 1 saturated carbocycles. The zero-order valence-electron chi connectivity index (χ0n) is 16.7. The van der Waals surface area contributed by atoms with E-state index in [0.717, 1.165) is 32.2 Å². The van der Waals surface area contributed by atoms with Gasteiger partial charge in [-0.3, -0.25) is 19.4 Å². The molecule has 0 radical (unpaired) electrons. The van der Waals surface area contributed by atoms with E-state index in [4.69, 9.17) is 23.2 Å². The molecule has 8 heteroatoms. The summed E-state index contributed by atoms with van der Waals surface area (Å²) in [5.41, 5.74) is 0.511. The monoisotopic (exact) mass is 438 g/mol. The molecule has 1 aromatic carbocycles. The molecule has 0 bridgehead atoms. The van der Waals surface area contributed by atoms with E-state index in [0.29, 0.717) is 48.3 Å². The van der Waals surface area contributed by atoms with Crippen molar-refractivity contribution in [1.82, 2.24) is 19.6 Å². The van der Waals surface area contributed by atoms with Gasteiger partial charge in [0.2, 0.25) is 5.91 Å². The van der Waals surface area contributed by atoms with E-state index in [1.54, 1.807) is 23.1 Å². The summed E-state index contributed by atoms with van der Waals surface area (Å²) < 4.78 is 0. The second-order valence-electron chi connectivity index (χ2n) is 8.23. The topological polar surface area (TPSA) is 47.1 Å². The predicted octanol–water partition coefficient (Wildman–Crippen LogP) is 2.45. The summed E-state index contributed by atoms with van der Waals surface area (Å²) in [6, 6.07) is 5.67. The molecule has 2 heterocycles. The van der Waals surface area contributed by atoms with Crippen molar-refractivity contribution < 1.29 is 9.59 Å². The van der Waals surface area contributed by atoms with Gasteiger partial charge in [0.15, 0.2) is 0 Å². The Morgan fingerprint density at radius 2 is 1.41 bits per heavy atom. The molecule has 3 fully saturated rings. The SMILES string of the molecule is O=C(CN1CCN(C(=O)c2cc(Cl)cc(Cl)c2)CC1)N1CCN(C2CCC2)CC1. The normalized spacial score (nSPS) is 21.9. The van der Waals surface area contributed by atoms with Gasteiger partial charge < -0.3 is 9.80 Å². The molecule has 2 amide bonds. The number of piperazine rings is 2. The van der Waals surface area contributed by atoms with Crippen molar-refractivity contribution in [3.63, 3.8) is 0 Å². The highest BCUT2D eigenvalue weighted by Gasteiger charge is 2.30. The molecule has 2 aliphatic heterocycles. The fourth-order valence-electron chi connectivity index (χ4n) is 4.35. The summed E-state index contributed by atoms with van der Waals surface area (Å²) in [6.07, 6.45) is 3.99. The first-order chi connectivity index (χ1) is 14.0. The van der Waals surface area contributed by atoms with Crippen LogP contribution in [0.3, 0.4) is 0 Å². The van der Waals surface area contributed by atoms with E-state index in [2.05, 4.69) is 9.80 Å². The molecule has 0 N–H and O–H groups in total. The Morgan fingerprint density at radius 1 is 0.828 bits per heavy atom. The van der Waals surface area contributed by atoms with Gasteiger partial charge in [0, 0.05) is 74.0 Å². The van der Waals surface area contributed by atoms with E-state index >= 15 is 0 Å². The van der Waals surface area contributed by atoms with Crippen molar-refractivity contribution >= 4 is 35.0 Å². The minimum Gasteiger partial charge on any atom is -0.339 e. The quantitative estimate of drug-likeness (QED) is 0.723. The fourth-order valence-corrected chi connectivity index (χ4v) is 4.87. The van der Waals surface area contributed by atoms with Crippen LogP contribution >= 0.6 is 23.2 Å². The molecule has 2 saturated heterocycles. The molecule has 29 heavy (non-hydrogen) atoms. The van der Waals surface area contributed by atoms with E-state index in [1.807, 2.05) is 4.90 Å². The lowest BCUT2D eigenvalue weighted by molar-refractivity contribution is -0.135. The van der Waals surface area contributed by atoms with Crippen molar-refractivity contribution in [3.8, 4) is 0 Å². The number of rotatable bonds is 4. The Balaban J connectivity index is 1.22. The molecule has 6 nitrogen and oxygen atoms in total. The first kappa shape index (κ1) is 20.9. The minimum absolute atomic E-state index is 0.0625. The molecule has 158 valence electrons. The minimum atomic E-state index is -0.0625. The van der Waals surface area contributed by atoms with Gasteiger partial charge in [-0.05, 0) is 31.0 Å². The Kier molecular flexibility index (Phi) is 6.64. The van der Waals surface area contributed by atoms with Crippen LogP contribution in [-0.4, -0.2) is 96.4 Å². The average Bonchev–Trinajstić information content (AvgIpc) is 2.66. The summed E-state index contributed by atoms with van der Waals surface area (Å²) >= 11 is 12.0. The Hall–Kier alpha value is -1.34. The van der Waals surface area contributed by atoms with Crippen LogP contribution in [0.25, 0.3) is 0 Å². The highest BCUT2D eigenvalue weighted by Crippen LogP contribution is 2.25. The lowest BCUT2D eigenvalue weighted by Crippen LogP contribution is -2.56. The molecule has 1 aromatic rings.